The Hall–Kier alpha value is -1.33. The number of halogens is 1. The van der Waals surface area contributed by atoms with Crippen LogP contribution in [0.1, 0.15) is 18.4 Å². The second-order valence-electron chi connectivity index (χ2n) is 5.36. The highest BCUT2D eigenvalue weighted by atomic mass is 35.5. The number of aliphatic hydroxyl groups excluding tert-OH is 1. The lowest BCUT2D eigenvalue weighted by Crippen LogP contribution is -2.29. The fraction of sp³-hybridized carbons (Fsp3) is 0.538. The van der Waals surface area contributed by atoms with Crippen LogP contribution in [0.3, 0.4) is 0 Å². The molecule has 5 nitrogen and oxygen atoms in total. The first-order valence-corrected chi connectivity index (χ1v) is 6.53. The van der Waals surface area contributed by atoms with Gasteiger partial charge in [-0.1, -0.05) is 11.6 Å². The molecule has 2 rings (SSSR count). The van der Waals surface area contributed by atoms with Gasteiger partial charge in [0, 0.05) is 31.1 Å². The molecule has 104 valence electrons. The topological polar surface area (TPSA) is 66.6 Å². The maximum Gasteiger partial charge on any atom is 0.271 e. The highest BCUT2D eigenvalue weighted by Crippen LogP contribution is 2.47. The van der Waals surface area contributed by atoms with E-state index in [4.69, 9.17) is 11.6 Å². The smallest absolute Gasteiger partial charge is 0.271 e. The Balaban J connectivity index is 2.27. The molecule has 1 aliphatic rings. The van der Waals surface area contributed by atoms with Crippen molar-refractivity contribution in [1.29, 1.82) is 0 Å². The van der Waals surface area contributed by atoms with Crippen molar-refractivity contribution in [2.24, 2.45) is 5.41 Å². The summed E-state index contributed by atoms with van der Waals surface area (Å²) in [5, 5.41) is 20.5. The molecule has 0 spiro atoms. The predicted octanol–water partition coefficient (Wildman–Crippen LogP) is 2.77. The number of hydrogen-bond acceptors (Lipinski definition) is 4. The Kier molecular flexibility index (Phi) is 3.69. The molecule has 0 radical (unpaired) electrons. The Morgan fingerprint density at radius 3 is 2.58 bits per heavy atom. The number of non-ortho nitro benzene ring substituents is 1. The molecule has 1 aromatic rings. The molecule has 6 heteroatoms. The van der Waals surface area contributed by atoms with Gasteiger partial charge in [-0.3, -0.25) is 10.1 Å². The van der Waals surface area contributed by atoms with Crippen molar-refractivity contribution < 1.29 is 10.0 Å². The lowest BCUT2D eigenvalue weighted by molar-refractivity contribution is -0.384. The van der Waals surface area contributed by atoms with Crippen LogP contribution in [0, 0.1) is 22.5 Å². The van der Waals surface area contributed by atoms with Gasteiger partial charge in [-0.15, -0.1) is 0 Å². The monoisotopic (exact) mass is 284 g/mol. The average molecular weight is 285 g/mol. The van der Waals surface area contributed by atoms with E-state index in [1.807, 2.05) is 18.9 Å². The molecule has 1 fully saturated rings. The molecule has 1 N–H and O–H groups in total. The third-order valence-electron chi connectivity index (χ3n) is 3.70. The van der Waals surface area contributed by atoms with Crippen molar-refractivity contribution >= 4 is 23.0 Å². The zero-order valence-corrected chi connectivity index (χ0v) is 11.8. The average Bonchev–Trinajstić information content (AvgIpc) is 3.08. The van der Waals surface area contributed by atoms with Crippen molar-refractivity contribution in [2.75, 3.05) is 25.1 Å². The van der Waals surface area contributed by atoms with Gasteiger partial charge >= 0.3 is 0 Å². The zero-order valence-electron chi connectivity index (χ0n) is 11.0. The molecule has 1 saturated carbocycles. The lowest BCUT2D eigenvalue weighted by Gasteiger charge is -2.26. The van der Waals surface area contributed by atoms with Gasteiger partial charge in [0.15, 0.2) is 0 Å². The Bertz CT molecular complexity index is 492. The lowest BCUT2D eigenvalue weighted by atomic mass is 10.1. The van der Waals surface area contributed by atoms with Crippen LogP contribution in [0.25, 0.3) is 0 Å². The van der Waals surface area contributed by atoms with Crippen LogP contribution in [-0.2, 0) is 0 Å². The molecule has 0 saturated heterocycles. The number of aryl methyl sites for hydroxylation is 1. The molecule has 0 unspecified atom stereocenters. The van der Waals surface area contributed by atoms with E-state index in [1.165, 1.54) is 12.1 Å². The van der Waals surface area contributed by atoms with Gasteiger partial charge in [0.2, 0.25) is 0 Å². The summed E-state index contributed by atoms with van der Waals surface area (Å²) in [4.78, 5) is 12.3. The number of nitrogens with zero attached hydrogens (tertiary/aromatic N) is 2. The van der Waals surface area contributed by atoms with Gasteiger partial charge in [-0.2, -0.15) is 0 Å². The van der Waals surface area contributed by atoms with Crippen molar-refractivity contribution in [1.82, 2.24) is 0 Å². The number of anilines is 1. The molecule has 0 bridgehead atoms. The summed E-state index contributed by atoms with van der Waals surface area (Å²) < 4.78 is 0. The minimum Gasteiger partial charge on any atom is -0.396 e. The van der Waals surface area contributed by atoms with Gasteiger partial charge in [0.05, 0.1) is 22.2 Å². The molecule has 1 aliphatic carbocycles. The third kappa shape index (κ3) is 2.82. The van der Waals surface area contributed by atoms with E-state index < -0.39 is 4.92 Å². The van der Waals surface area contributed by atoms with Crippen molar-refractivity contribution in [3.05, 3.63) is 32.8 Å². The molecular weight excluding hydrogens is 268 g/mol. The number of nitro groups is 1. The number of rotatable bonds is 5. The maximum absolute atomic E-state index is 10.8. The van der Waals surface area contributed by atoms with Gasteiger partial charge in [-0.25, -0.2) is 0 Å². The summed E-state index contributed by atoms with van der Waals surface area (Å²) in [6.45, 7) is 2.69. The van der Waals surface area contributed by atoms with Crippen molar-refractivity contribution in [3.8, 4) is 0 Å². The van der Waals surface area contributed by atoms with E-state index in [1.54, 1.807) is 0 Å². The Labute approximate surface area is 116 Å². The summed E-state index contributed by atoms with van der Waals surface area (Å²) in [6.07, 6.45) is 2.02. The van der Waals surface area contributed by atoms with E-state index in [0.29, 0.717) is 11.6 Å². The molecule has 0 aliphatic heterocycles. The zero-order chi connectivity index (χ0) is 14.2. The predicted molar refractivity (Wildman–Crippen MR) is 74.9 cm³/mol. The Morgan fingerprint density at radius 1 is 1.53 bits per heavy atom. The van der Waals surface area contributed by atoms with Gasteiger partial charge in [-0.05, 0) is 25.3 Å². The molecular formula is C13H17ClN2O3. The van der Waals surface area contributed by atoms with Crippen molar-refractivity contribution in [2.45, 2.75) is 19.8 Å². The summed E-state index contributed by atoms with van der Waals surface area (Å²) in [5.41, 5.74) is 1.55. The second kappa shape index (κ2) is 4.98. The maximum atomic E-state index is 10.8. The highest BCUT2D eigenvalue weighted by molar-refractivity contribution is 6.33. The minimum absolute atomic E-state index is 0.00273. The Morgan fingerprint density at radius 2 is 2.16 bits per heavy atom. The van der Waals surface area contributed by atoms with Gasteiger partial charge < -0.3 is 10.0 Å². The van der Waals surface area contributed by atoms with E-state index in [2.05, 4.69) is 0 Å². The molecule has 0 aromatic heterocycles. The summed E-state index contributed by atoms with van der Waals surface area (Å²) >= 11 is 6.16. The standard InChI is InChI=1S/C13H17ClN2O3/c1-9-5-10(16(18)19)6-11(14)12(9)15(2)7-13(8-17)3-4-13/h5-6,17H,3-4,7-8H2,1-2H3. The molecule has 19 heavy (non-hydrogen) atoms. The summed E-state index contributed by atoms with van der Waals surface area (Å²) in [6, 6.07) is 2.90. The van der Waals surface area contributed by atoms with Crippen LogP contribution in [0.2, 0.25) is 5.02 Å². The van der Waals surface area contributed by atoms with Crippen LogP contribution in [-0.4, -0.2) is 30.2 Å². The van der Waals surface area contributed by atoms with Gasteiger partial charge in [0.25, 0.3) is 5.69 Å². The first kappa shape index (κ1) is 14.1. The summed E-state index contributed by atoms with van der Waals surface area (Å²) in [5.74, 6) is 0. The van der Waals surface area contributed by atoms with Crippen LogP contribution < -0.4 is 4.90 Å². The minimum atomic E-state index is -0.446. The number of nitro benzene ring substituents is 1. The van der Waals surface area contributed by atoms with E-state index in [9.17, 15) is 15.2 Å². The number of benzene rings is 1. The van der Waals surface area contributed by atoms with Crippen LogP contribution >= 0.6 is 11.6 Å². The molecule has 0 amide bonds. The molecule has 1 aromatic carbocycles. The number of aliphatic hydroxyl groups is 1. The molecule has 0 heterocycles. The second-order valence-corrected chi connectivity index (χ2v) is 5.77. The summed E-state index contributed by atoms with van der Waals surface area (Å²) in [7, 11) is 1.90. The normalized spacial score (nSPS) is 16.2. The van der Waals surface area contributed by atoms with E-state index in [-0.39, 0.29) is 17.7 Å². The van der Waals surface area contributed by atoms with E-state index >= 15 is 0 Å². The molecule has 0 atom stereocenters. The van der Waals surface area contributed by atoms with Crippen molar-refractivity contribution in [3.63, 3.8) is 0 Å². The highest BCUT2D eigenvalue weighted by Gasteiger charge is 2.43. The first-order chi connectivity index (χ1) is 8.88. The van der Waals surface area contributed by atoms with Crippen LogP contribution in [0.4, 0.5) is 11.4 Å². The quantitative estimate of drug-likeness (QED) is 0.667. The van der Waals surface area contributed by atoms with Crippen LogP contribution in [0.5, 0.6) is 0 Å². The SMILES string of the molecule is Cc1cc([N+](=O)[O-])cc(Cl)c1N(C)CC1(CO)CC1. The van der Waals surface area contributed by atoms with Gasteiger partial charge in [0.1, 0.15) is 0 Å². The largest absolute Gasteiger partial charge is 0.396 e. The van der Waals surface area contributed by atoms with Crippen LogP contribution in [0.15, 0.2) is 12.1 Å². The van der Waals surface area contributed by atoms with E-state index in [0.717, 1.165) is 24.1 Å². The third-order valence-corrected chi connectivity index (χ3v) is 3.98. The first-order valence-electron chi connectivity index (χ1n) is 6.15. The fourth-order valence-electron chi connectivity index (χ4n) is 2.43. The number of hydrogen-bond donors (Lipinski definition) is 1. The fourth-order valence-corrected chi connectivity index (χ4v) is 2.84.